The van der Waals surface area contributed by atoms with Crippen molar-refractivity contribution in [2.75, 3.05) is 17.7 Å². The van der Waals surface area contributed by atoms with Gasteiger partial charge in [-0.25, -0.2) is 0 Å². The summed E-state index contributed by atoms with van der Waals surface area (Å²) in [6.45, 7) is 1.96. The highest BCUT2D eigenvalue weighted by molar-refractivity contribution is 6.07. The summed E-state index contributed by atoms with van der Waals surface area (Å²) in [7, 11) is 1.55. The number of hydrogen-bond acceptors (Lipinski definition) is 3. The molecule has 0 bridgehead atoms. The summed E-state index contributed by atoms with van der Waals surface area (Å²) in [5.74, 6) is 0.0856. The molecule has 0 radical (unpaired) electrons. The van der Waals surface area contributed by atoms with Crippen LogP contribution in [0.15, 0.2) is 72.8 Å². The Hall–Kier alpha value is -3.60. The van der Waals surface area contributed by atoms with E-state index >= 15 is 0 Å². The summed E-state index contributed by atoms with van der Waals surface area (Å²) in [6, 6.07) is 21.3. The molecule has 2 amide bonds. The predicted octanol–water partition coefficient (Wildman–Crippen LogP) is 4.51. The zero-order chi connectivity index (χ0) is 19.2. The number of anilines is 2. The van der Waals surface area contributed by atoms with Crippen LogP contribution in [-0.4, -0.2) is 18.9 Å². The topological polar surface area (TPSA) is 67.4 Å². The van der Waals surface area contributed by atoms with Crippen LogP contribution in [0.2, 0.25) is 0 Å². The first-order valence-corrected chi connectivity index (χ1v) is 8.49. The molecule has 3 aromatic carbocycles. The minimum atomic E-state index is -0.273. The van der Waals surface area contributed by atoms with Crippen molar-refractivity contribution >= 4 is 23.2 Å². The second-order valence-corrected chi connectivity index (χ2v) is 6.06. The van der Waals surface area contributed by atoms with Gasteiger partial charge in [-0.2, -0.15) is 0 Å². The van der Waals surface area contributed by atoms with Crippen molar-refractivity contribution in [3.8, 4) is 5.75 Å². The van der Waals surface area contributed by atoms with E-state index in [9.17, 15) is 9.59 Å². The minimum absolute atomic E-state index is 0.225. The SMILES string of the molecule is COc1ccccc1NC(=O)c1ccc(C(=O)Nc2cccc(C)c2)cc1. The molecule has 0 saturated heterocycles. The van der Waals surface area contributed by atoms with E-state index in [0.29, 0.717) is 22.6 Å². The molecule has 0 aromatic heterocycles. The zero-order valence-electron chi connectivity index (χ0n) is 15.2. The van der Waals surface area contributed by atoms with Crippen molar-refractivity contribution < 1.29 is 14.3 Å². The molecule has 27 heavy (non-hydrogen) atoms. The smallest absolute Gasteiger partial charge is 0.255 e. The summed E-state index contributed by atoms with van der Waals surface area (Å²) in [5, 5.41) is 5.65. The number of methoxy groups -OCH3 is 1. The predicted molar refractivity (Wildman–Crippen MR) is 107 cm³/mol. The maximum absolute atomic E-state index is 12.4. The molecule has 3 aromatic rings. The summed E-state index contributed by atoms with van der Waals surface area (Å²) in [6.07, 6.45) is 0. The first-order valence-electron chi connectivity index (χ1n) is 8.49. The standard InChI is InChI=1S/C22H20N2O3/c1-15-6-5-7-18(14-15)23-21(25)16-10-12-17(13-11-16)22(26)24-19-8-3-4-9-20(19)27-2/h3-14H,1-2H3,(H,23,25)(H,24,26). The van der Waals surface area contributed by atoms with Gasteiger partial charge >= 0.3 is 0 Å². The maximum Gasteiger partial charge on any atom is 0.255 e. The van der Waals surface area contributed by atoms with E-state index in [4.69, 9.17) is 4.74 Å². The van der Waals surface area contributed by atoms with Gasteiger partial charge in [-0.3, -0.25) is 9.59 Å². The lowest BCUT2D eigenvalue weighted by molar-refractivity contribution is 0.101. The third-order valence-electron chi connectivity index (χ3n) is 4.04. The number of carbonyl (C=O) groups is 2. The van der Waals surface area contributed by atoms with Crippen LogP contribution in [-0.2, 0) is 0 Å². The summed E-state index contributed by atoms with van der Waals surface area (Å²) < 4.78 is 5.23. The van der Waals surface area contributed by atoms with Gasteiger partial charge in [0.1, 0.15) is 5.75 Å². The maximum atomic E-state index is 12.4. The van der Waals surface area contributed by atoms with E-state index in [0.717, 1.165) is 11.3 Å². The van der Waals surface area contributed by atoms with Crippen molar-refractivity contribution in [1.82, 2.24) is 0 Å². The number of para-hydroxylation sites is 2. The van der Waals surface area contributed by atoms with E-state index in [2.05, 4.69) is 10.6 Å². The Morgan fingerprint density at radius 3 is 2.04 bits per heavy atom. The van der Waals surface area contributed by atoms with Crippen LogP contribution >= 0.6 is 0 Å². The molecule has 0 unspecified atom stereocenters. The zero-order valence-corrected chi connectivity index (χ0v) is 15.2. The Bertz CT molecular complexity index is 965. The van der Waals surface area contributed by atoms with Gasteiger partial charge in [0.05, 0.1) is 12.8 Å². The second-order valence-electron chi connectivity index (χ2n) is 6.06. The fraction of sp³-hybridized carbons (Fsp3) is 0.0909. The largest absolute Gasteiger partial charge is 0.495 e. The molecule has 2 N–H and O–H groups in total. The monoisotopic (exact) mass is 360 g/mol. The van der Waals surface area contributed by atoms with E-state index in [1.54, 1.807) is 43.5 Å². The fourth-order valence-electron chi connectivity index (χ4n) is 2.64. The normalized spacial score (nSPS) is 10.1. The van der Waals surface area contributed by atoms with Crippen LogP contribution < -0.4 is 15.4 Å². The van der Waals surface area contributed by atoms with E-state index < -0.39 is 0 Å². The molecule has 0 heterocycles. The van der Waals surface area contributed by atoms with Crippen LogP contribution in [0.1, 0.15) is 26.3 Å². The molecule has 0 aliphatic carbocycles. The van der Waals surface area contributed by atoms with Gasteiger partial charge in [-0.15, -0.1) is 0 Å². The van der Waals surface area contributed by atoms with Gasteiger partial charge in [0.15, 0.2) is 0 Å². The average molecular weight is 360 g/mol. The number of rotatable bonds is 5. The van der Waals surface area contributed by atoms with Gasteiger partial charge in [0, 0.05) is 16.8 Å². The molecule has 0 fully saturated rings. The Kier molecular flexibility index (Phi) is 5.52. The number of carbonyl (C=O) groups excluding carboxylic acids is 2. The van der Waals surface area contributed by atoms with Crippen LogP contribution in [0.4, 0.5) is 11.4 Å². The second kappa shape index (κ2) is 8.19. The number of aryl methyl sites for hydroxylation is 1. The van der Waals surface area contributed by atoms with Crippen molar-refractivity contribution in [1.29, 1.82) is 0 Å². The number of ether oxygens (including phenoxy) is 1. The Morgan fingerprint density at radius 2 is 1.41 bits per heavy atom. The Balaban J connectivity index is 1.69. The number of benzene rings is 3. The van der Waals surface area contributed by atoms with Gasteiger partial charge < -0.3 is 15.4 Å². The Labute approximate surface area is 158 Å². The highest BCUT2D eigenvalue weighted by Gasteiger charge is 2.11. The molecule has 5 nitrogen and oxygen atoms in total. The van der Waals surface area contributed by atoms with Gasteiger partial charge in [-0.1, -0.05) is 24.3 Å². The first-order chi connectivity index (χ1) is 13.1. The van der Waals surface area contributed by atoms with Crippen LogP contribution in [0.3, 0.4) is 0 Å². The molecule has 0 spiro atoms. The molecule has 0 atom stereocenters. The molecule has 0 aliphatic rings. The third-order valence-corrected chi connectivity index (χ3v) is 4.04. The van der Waals surface area contributed by atoms with Crippen molar-refractivity contribution in [2.45, 2.75) is 6.92 Å². The van der Waals surface area contributed by atoms with Crippen molar-refractivity contribution in [3.05, 3.63) is 89.5 Å². The van der Waals surface area contributed by atoms with Crippen molar-refractivity contribution in [2.24, 2.45) is 0 Å². The van der Waals surface area contributed by atoms with E-state index in [1.807, 2.05) is 43.3 Å². The van der Waals surface area contributed by atoms with E-state index in [1.165, 1.54) is 0 Å². The average Bonchev–Trinajstić information content (AvgIpc) is 2.68. The number of nitrogens with one attached hydrogen (secondary N) is 2. The molecule has 136 valence electrons. The van der Waals surface area contributed by atoms with Crippen molar-refractivity contribution in [3.63, 3.8) is 0 Å². The summed E-state index contributed by atoms with van der Waals surface area (Å²) in [4.78, 5) is 24.8. The minimum Gasteiger partial charge on any atom is -0.495 e. The molecular formula is C22H20N2O3. The van der Waals surface area contributed by atoms with Gasteiger partial charge in [0.2, 0.25) is 0 Å². The van der Waals surface area contributed by atoms with Crippen LogP contribution in [0, 0.1) is 6.92 Å². The summed E-state index contributed by atoms with van der Waals surface area (Å²) >= 11 is 0. The fourth-order valence-corrected chi connectivity index (χ4v) is 2.64. The molecule has 0 aliphatic heterocycles. The van der Waals surface area contributed by atoms with Crippen LogP contribution in [0.25, 0.3) is 0 Å². The lowest BCUT2D eigenvalue weighted by atomic mass is 10.1. The highest BCUT2D eigenvalue weighted by Crippen LogP contribution is 2.23. The van der Waals surface area contributed by atoms with Gasteiger partial charge in [-0.05, 0) is 61.0 Å². The summed E-state index contributed by atoms with van der Waals surface area (Å²) in [5.41, 5.74) is 3.32. The molecule has 5 heteroatoms. The lowest BCUT2D eigenvalue weighted by Crippen LogP contribution is -2.14. The highest BCUT2D eigenvalue weighted by atomic mass is 16.5. The number of amides is 2. The molecule has 3 rings (SSSR count). The Morgan fingerprint density at radius 1 is 0.778 bits per heavy atom. The quantitative estimate of drug-likeness (QED) is 0.703. The molecular weight excluding hydrogens is 340 g/mol. The van der Waals surface area contributed by atoms with Gasteiger partial charge in [0.25, 0.3) is 11.8 Å². The number of hydrogen-bond donors (Lipinski definition) is 2. The third kappa shape index (κ3) is 4.52. The lowest BCUT2D eigenvalue weighted by Gasteiger charge is -2.10. The van der Waals surface area contributed by atoms with E-state index in [-0.39, 0.29) is 11.8 Å². The van der Waals surface area contributed by atoms with Crippen LogP contribution in [0.5, 0.6) is 5.75 Å². The first kappa shape index (κ1) is 18.2. The molecule has 0 saturated carbocycles.